The second-order valence-corrected chi connectivity index (χ2v) is 5.54. The fourth-order valence-corrected chi connectivity index (χ4v) is 2.47. The average molecular weight is 384 g/mol. The van der Waals surface area contributed by atoms with Gasteiger partial charge in [0.2, 0.25) is 11.2 Å². The Labute approximate surface area is 150 Å². The summed E-state index contributed by atoms with van der Waals surface area (Å²) in [7, 11) is 0. The minimum atomic E-state index is -1.60. The van der Waals surface area contributed by atoms with E-state index < -0.39 is 42.9 Å². The van der Waals surface area contributed by atoms with Crippen LogP contribution in [-0.2, 0) is 4.74 Å². The van der Waals surface area contributed by atoms with Gasteiger partial charge >= 0.3 is 5.63 Å². The highest BCUT2D eigenvalue weighted by molar-refractivity contribution is 5.80. The number of ether oxygens (including phenoxy) is 2. The van der Waals surface area contributed by atoms with Gasteiger partial charge in [0.25, 0.3) is 0 Å². The minimum absolute atomic E-state index is 0.0966. The molecule has 0 saturated carbocycles. The Hall–Kier alpha value is -2.86. The zero-order valence-electron chi connectivity index (χ0n) is 13.7. The lowest BCUT2D eigenvalue weighted by molar-refractivity contribution is -0.277. The van der Waals surface area contributed by atoms with E-state index in [0.717, 1.165) is 6.07 Å². The summed E-state index contributed by atoms with van der Waals surface area (Å²) >= 11 is 0. The number of benzene rings is 1. The van der Waals surface area contributed by atoms with Crippen molar-refractivity contribution in [1.29, 1.82) is 11.1 Å². The van der Waals surface area contributed by atoms with E-state index in [1.165, 1.54) is 18.2 Å². The van der Waals surface area contributed by atoms with Gasteiger partial charge in [0.1, 0.15) is 41.1 Å². The molecule has 3 rings (SSSR count). The zero-order valence-corrected chi connectivity index (χ0v) is 13.7. The number of nitrogens with one attached hydrogen (secondary N) is 2. The Bertz CT molecular complexity index is 878. The summed E-state index contributed by atoms with van der Waals surface area (Å²) in [6.07, 6.45) is -7.27. The summed E-state index contributed by atoms with van der Waals surface area (Å²) in [5.41, 5.74) is 10.6. The van der Waals surface area contributed by atoms with Crippen LogP contribution in [0.1, 0.15) is 0 Å². The van der Waals surface area contributed by atoms with Crippen LogP contribution in [0.3, 0.4) is 0 Å². The topological polar surface area (TPSA) is 212 Å². The molecule has 1 fully saturated rings. The van der Waals surface area contributed by atoms with Crippen LogP contribution in [0.2, 0.25) is 0 Å². The maximum Gasteiger partial charge on any atom is 0.336 e. The first-order valence-electron chi connectivity index (χ1n) is 7.59. The van der Waals surface area contributed by atoms with Crippen LogP contribution in [0.5, 0.6) is 11.5 Å². The van der Waals surface area contributed by atoms with E-state index in [0.29, 0.717) is 5.39 Å². The number of hydrogen-bond acceptors (Lipinski definition) is 11. The Morgan fingerprint density at radius 1 is 1.11 bits per heavy atom. The molecule has 0 aliphatic carbocycles. The van der Waals surface area contributed by atoms with Gasteiger partial charge in [0.15, 0.2) is 11.5 Å². The molecule has 2 aromatic rings. The third-order valence-electron chi connectivity index (χ3n) is 3.79. The van der Waals surface area contributed by atoms with Gasteiger partial charge in [0.05, 0.1) is 6.61 Å². The van der Waals surface area contributed by atoms with Crippen molar-refractivity contribution >= 4 is 11.0 Å². The van der Waals surface area contributed by atoms with Crippen molar-refractivity contribution in [2.24, 2.45) is 0 Å². The summed E-state index contributed by atoms with van der Waals surface area (Å²) in [4.78, 5) is 13.2. The van der Waals surface area contributed by atoms with Crippen LogP contribution in [-0.4, -0.2) is 62.8 Å². The van der Waals surface area contributed by atoms with E-state index >= 15 is 0 Å². The van der Waals surface area contributed by atoms with Crippen LogP contribution < -0.4 is 15.3 Å². The van der Waals surface area contributed by atoms with Crippen molar-refractivity contribution in [2.75, 3.05) is 6.61 Å². The third kappa shape index (κ3) is 4.46. The van der Waals surface area contributed by atoms with E-state index in [-0.39, 0.29) is 17.1 Å². The average Bonchev–Trinajstić information content (AvgIpc) is 2.63. The quantitative estimate of drug-likeness (QED) is 0.192. The first-order valence-corrected chi connectivity index (χ1v) is 7.59. The monoisotopic (exact) mass is 384 g/mol. The predicted octanol–water partition coefficient (Wildman–Crippen LogP) is -1.21. The van der Waals surface area contributed by atoms with E-state index in [4.69, 9.17) is 30.1 Å². The lowest BCUT2D eigenvalue weighted by atomic mass is 9.99. The summed E-state index contributed by atoms with van der Waals surface area (Å²) in [6.45, 7) is -0.598. The van der Waals surface area contributed by atoms with Gasteiger partial charge in [-0.3, -0.25) is 0 Å². The van der Waals surface area contributed by atoms with Crippen LogP contribution in [0.15, 0.2) is 33.5 Å². The summed E-state index contributed by atoms with van der Waals surface area (Å²) in [5, 5.41) is 49.0. The fourth-order valence-electron chi connectivity index (χ4n) is 2.47. The first kappa shape index (κ1) is 20.5. The van der Waals surface area contributed by atoms with Crippen molar-refractivity contribution in [2.45, 2.75) is 30.7 Å². The van der Waals surface area contributed by atoms with Gasteiger partial charge in [-0.05, 0) is 12.1 Å². The number of rotatable bonds is 3. The van der Waals surface area contributed by atoms with Gasteiger partial charge in [0, 0.05) is 17.5 Å². The summed E-state index contributed by atoms with van der Waals surface area (Å²) in [6, 6.07) is 5.17. The Kier molecular flexibility index (Phi) is 6.58. The summed E-state index contributed by atoms with van der Waals surface area (Å²) < 4.78 is 15.5. The van der Waals surface area contributed by atoms with Gasteiger partial charge < -0.3 is 39.4 Å². The number of aliphatic hydroxyl groups excluding tert-OH is 4. The normalized spacial score (nSPS) is 27.3. The van der Waals surface area contributed by atoms with Crippen molar-refractivity contribution in [1.82, 2.24) is 4.91 Å². The highest BCUT2D eigenvalue weighted by atomic mass is 16.7. The van der Waals surface area contributed by atoms with Gasteiger partial charge in [-0.1, -0.05) is 0 Å². The SMILES string of the molecule is N=[N+]=N.O=c1ccc2cc(O[C@@H]3O[C@H](CO)[C@@H](O)[C@H](O)[C@H]3O)c(O)cc2o1. The second kappa shape index (κ2) is 8.68. The molecule has 0 amide bonds. The second-order valence-electron chi connectivity index (χ2n) is 5.54. The molecule has 1 aromatic carbocycles. The molecule has 0 radical (unpaired) electrons. The maximum atomic E-state index is 11.2. The molecule has 0 spiro atoms. The molecule has 5 atom stereocenters. The number of phenolic OH excluding ortho intramolecular Hbond substituents is 1. The number of nitrogens with zero attached hydrogens (tertiary/aromatic N) is 1. The zero-order chi connectivity index (χ0) is 20.1. The molecule has 1 aliphatic rings. The summed E-state index contributed by atoms with van der Waals surface area (Å²) in [5.74, 6) is -0.477. The molecule has 1 aromatic heterocycles. The number of fused-ring (bicyclic) bond motifs is 1. The Morgan fingerprint density at radius 2 is 1.78 bits per heavy atom. The molecule has 0 bridgehead atoms. The number of phenols is 1. The van der Waals surface area contributed by atoms with Gasteiger partial charge in [-0.15, -0.1) is 0 Å². The first-order chi connectivity index (χ1) is 12.8. The van der Waals surface area contributed by atoms with Gasteiger partial charge in [-0.2, -0.15) is 0 Å². The lowest BCUT2D eigenvalue weighted by Gasteiger charge is -2.39. The third-order valence-corrected chi connectivity index (χ3v) is 3.79. The van der Waals surface area contributed by atoms with Crippen molar-refractivity contribution in [3.63, 3.8) is 0 Å². The lowest BCUT2D eigenvalue weighted by Crippen LogP contribution is -2.60. The number of aliphatic hydroxyl groups is 4. The maximum absolute atomic E-state index is 11.2. The molecule has 27 heavy (non-hydrogen) atoms. The highest BCUT2D eigenvalue weighted by Crippen LogP contribution is 2.33. The van der Waals surface area contributed by atoms with Gasteiger partial charge in [-0.25, -0.2) is 4.79 Å². The van der Waals surface area contributed by atoms with Crippen molar-refractivity contribution < 1.29 is 39.4 Å². The molecule has 1 aliphatic heterocycles. The van der Waals surface area contributed by atoms with E-state index in [1.807, 2.05) is 4.91 Å². The Balaban J connectivity index is 0.000000817. The fraction of sp³-hybridized carbons (Fsp3) is 0.400. The number of hydrogen-bond donors (Lipinski definition) is 7. The van der Waals surface area contributed by atoms with Crippen molar-refractivity contribution in [3.8, 4) is 11.5 Å². The standard InChI is InChI=1S/C15H16O9.H2N3/c16-5-10-12(19)13(20)14(21)15(24-10)23-9-3-6-1-2-11(18)22-8(6)4-7(9)17;1-3-2/h1-4,10,12-17,19-21H,5H2;1-2H/q;+1/t10-,12-,13+,14-,15-;/m1./s1. The predicted molar refractivity (Wildman–Crippen MR) is 86.1 cm³/mol. The van der Waals surface area contributed by atoms with Crippen molar-refractivity contribution in [3.05, 3.63) is 34.7 Å². The van der Waals surface area contributed by atoms with E-state index in [2.05, 4.69) is 0 Å². The molecule has 0 unspecified atom stereocenters. The molecule has 146 valence electrons. The largest absolute Gasteiger partial charge is 0.504 e. The Morgan fingerprint density at radius 3 is 2.41 bits per heavy atom. The van der Waals surface area contributed by atoms with E-state index in [1.54, 1.807) is 0 Å². The van der Waals surface area contributed by atoms with Crippen LogP contribution in [0.25, 0.3) is 11.0 Å². The highest BCUT2D eigenvalue weighted by Gasteiger charge is 2.44. The van der Waals surface area contributed by atoms with Crippen LogP contribution in [0, 0.1) is 11.1 Å². The number of aromatic hydroxyl groups is 1. The molecule has 2 heterocycles. The molecule has 12 nitrogen and oxygen atoms in total. The van der Waals surface area contributed by atoms with Crippen LogP contribution in [0.4, 0.5) is 0 Å². The molecule has 7 N–H and O–H groups in total. The van der Waals surface area contributed by atoms with Crippen LogP contribution >= 0.6 is 0 Å². The molecule has 1 saturated heterocycles. The smallest absolute Gasteiger partial charge is 0.336 e. The molecular weight excluding hydrogens is 366 g/mol. The van der Waals surface area contributed by atoms with E-state index in [9.17, 15) is 25.2 Å². The minimum Gasteiger partial charge on any atom is -0.504 e. The molecular formula is C15H18N3O9+. The molecule has 12 heteroatoms.